The Morgan fingerprint density at radius 2 is 1.61 bits per heavy atom. The number of fused-ring (bicyclic) bond motifs is 1. The lowest BCUT2D eigenvalue weighted by Crippen LogP contribution is -2.22. The van der Waals surface area contributed by atoms with Gasteiger partial charge in [-0.3, -0.25) is 9.36 Å². The van der Waals surface area contributed by atoms with E-state index in [-0.39, 0.29) is 5.82 Å². The molecule has 2 aromatic heterocycles. The Labute approximate surface area is 215 Å². The number of Topliss-reactive ketones (excluding diaryl/α,β-unsaturated/α-hetero) is 1. The summed E-state index contributed by atoms with van der Waals surface area (Å²) in [6.45, 7) is 0. The molecule has 2 heterocycles. The highest BCUT2D eigenvalue weighted by Crippen LogP contribution is 2.29. The number of aromatic nitrogens is 4. The van der Waals surface area contributed by atoms with E-state index in [0.29, 0.717) is 39.6 Å². The average Bonchev–Trinajstić information content (AvgIpc) is 3.24. The number of ether oxygens (including phenoxy) is 1. The highest BCUT2D eigenvalue weighted by molar-refractivity contribution is 6.01. The molecule has 0 amide bonds. The molecule has 2 N–H and O–H groups in total. The molecule has 1 aliphatic rings. The zero-order valence-corrected chi connectivity index (χ0v) is 19.9. The van der Waals surface area contributed by atoms with E-state index in [1.54, 1.807) is 54.6 Å². The van der Waals surface area contributed by atoms with E-state index in [9.17, 15) is 14.0 Å². The monoisotopic (exact) mass is 505 g/mol. The molecule has 0 fully saturated rings. The molecule has 0 saturated heterocycles. The highest BCUT2D eigenvalue weighted by Gasteiger charge is 2.25. The van der Waals surface area contributed by atoms with Gasteiger partial charge in [0, 0.05) is 0 Å². The van der Waals surface area contributed by atoms with Gasteiger partial charge in [0.15, 0.2) is 17.3 Å². The van der Waals surface area contributed by atoms with Gasteiger partial charge in [-0.15, -0.1) is 0 Å². The summed E-state index contributed by atoms with van der Waals surface area (Å²) >= 11 is 0. The molecule has 0 spiro atoms. The van der Waals surface area contributed by atoms with Crippen LogP contribution in [0.3, 0.4) is 0 Å². The molecule has 9 heteroatoms. The van der Waals surface area contributed by atoms with Crippen LogP contribution >= 0.6 is 0 Å². The van der Waals surface area contributed by atoms with E-state index in [2.05, 4.69) is 9.97 Å². The molecule has 3 aromatic carbocycles. The molecule has 1 aliphatic carbocycles. The SMILES string of the molecule is Nc1ncnc2c1n(-c1ccc(Oc3ccccc3)cc1)c(=O)n2-c1cccc(C2C=CC=C(F)C2=O)c1. The van der Waals surface area contributed by atoms with Crippen LogP contribution in [0.5, 0.6) is 11.5 Å². The van der Waals surface area contributed by atoms with Crippen LogP contribution in [0, 0.1) is 0 Å². The predicted octanol–water partition coefficient (Wildman–Crippen LogP) is 5.02. The summed E-state index contributed by atoms with van der Waals surface area (Å²) in [6.07, 6.45) is 5.55. The number of allylic oxidation sites excluding steroid dienone is 4. The first kappa shape index (κ1) is 23.1. The van der Waals surface area contributed by atoms with Crippen molar-refractivity contribution in [3.05, 3.63) is 125 Å². The van der Waals surface area contributed by atoms with Crippen molar-refractivity contribution in [2.45, 2.75) is 5.92 Å². The molecule has 0 radical (unpaired) electrons. The molecule has 5 aromatic rings. The molecule has 1 unspecified atom stereocenters. The van der Waals surface area contributed by atoms with Crippen molar-refractivity contribution in [3.63, 3.8) is 0 Å². The quantitative estimate of drug-likeness (QED) is 0.360. The summed E-state index contributed by atoms with van der Waals surface area (Å²) in [5, 5.41) is 0. The largest absolute Gasteiger partial charge is 0.457 e. The molecular weight excluding hydrogens is 485 g/mol. The number of ketones is 1. The van der Waals surface area contributed by atoms with Gasteiger partial charge in [0.25, 0.3) is 0 Å². The van der Waals surface area contributed by atoms with Crippen LogP contribution in [0.4, 0.5) is 10.2 Å². The lowest BCUT2D eigenvalue weighted by atomic mass is 9.90. The average molecular weight is 506 g/mol. The number of para-hydroxylation sites is 1. The zero-order chi connectivity index (χ0) is 26.2. The molecular formula is C29H20FN5O3. The number of carbonyl (C=O) groups is 1. The van der Waals surface area contributed by atoms with Gasteiger partial charge >= 0.3 is 5.69 Å². The standard InChI is InChI=1S/C29H20FN5O3/c30-24-11-5-10-23(26(24)36)18-6-4-7-20(16-18)35-28-25(27(31)32-17-33-28)34(29(35)37)19-12-14-22(15-13-19)38-21-8-2-1-3-9-21/h1-17,23H,(H2,31,32,33). The van der Waals surface area contributed by atoms with Crippen LogP contribution in [0.25, 0.3) is 22.5 Å². The second kappa shape index (κ2) is 9.29. The topological polar surface area (TPSA) is 105 Å². The van der Waals surface area contributed by atoms with Crippen LogP contribution in [-0.2, 0) is 4.79 Å². The first-order valence-electron chi connectivity index (χ1n) is 11.8. The second-order valence-electron chi connectivity index (χ2n) is 8.63. The van der Waals surface area contributed by atoms with E-state index in [1.807, 2.05) is 30.3 Å². The maximum absolute atomic E-state index is 14.0. The molecule has 8 nitrogen and oxygen atoms in total. The van der Waals surface area contributed by atoms with Gasteiger partial charge in [-0.05, 0) is 60.2 Å². The lowest BCUT2D eigenvalue weighted by molar-refractivity contribution is -0.117. The van der Waals surface area contributed by atoms with Gasteiger partial charge in [0.1, 0.15) is 23.3 Å². The molecule has 1 atom stereocenters. The lowest BCUT2D eigenvalue weighted by Gasteiger charge is -2.15. The molecule has 6 rings (SSSR count). The fourth-order valence-corrected chi connectivity index (χ4v) is 4.50. The third-order valence-corrected chi connectivity index (χ3v) is 6.27. The highest BCUT2D eigenvalue weighted by atomic mass is 19.1. The van der Waals surface area contributed by atoms with Crippen LogP contribution in [-0.4, -0.2) is 24.9 Å². The molecule has 186 valence electrons. The van der Waals surface area contributed by atoms with Gasteiger partial charge in [-0.2, -0.15) is 0 Å². The van der Waals surface area contributed by atoms with E-state index in [4.69, 9.17) is 10.5 Å². The van der Waals surface area contributed by atoms with Crippen molar-refractivity contribution in [1.29, 1.82) is 0 Å². The maximum Gasteiger partial charge on any atom is 0.339 e. The first-order chi connectivity index (χ1) is 18.5. The fraction of sp³-hybridized carbons (Fsp3) is 0.0345. The minimum Gasteiger partial charge on any atom is -0.457 e. The number of rotatable bonds is 5. The Hall–Kier alpha value is -5.31. The first-order valence-corrected chi connectivity index (χ1v) is 11.8. The summed E-state index contributed by atoms with van der Waals surface area (Å²) in [6, 6.07) is 23.2. The Morgan fingerprint density at radius 1 is 0.842 bits per heavy atom. The summed E-state index contributed by atoms with van der Waals surface area (Å²) in [5.41, 5.74) is 7.95. The number of nitrogens with zero attached hydrogens (tertiary/aromatic N) is 4. The predicted molar refractivity (Wildman–Crippen MR) is 141 cm³/mol. The number of hydrogen-bond acceptors (Lipinski definition) is 6. The van der Waals surface area contributed by atoms with Gasteiger partial charge < -0.3 is 10.5 Å². The Bertz CT molecular complexity index is 1800. The number of imidazole rings is 1. The molecule has 0 aliphatic heterocycles. The number of halogens is 1. The van der Waals surface area contributed by atoms with Gasteiger partial charge in [0.05, 0.1) is 17.3 Å². The van der Waals surface area contributed by atoms with Crippen LogP contribution in [0.15, 0.2) is 114 Å². The second-order valence-corrected chi connectivity index (χ2v) is 8.63. The summed E-state index contributed by atoms with van der Waals surface area (Å²) in [7, 11) is 0. The van der Waals surface area contributed by atoms with Crippen molar-refractivity contribution < 1.29 is 13.9 Å². The minimum atomic E-state index is -0.808. The van der Waals surface area contributed by atoms with Crippen LogP contribution in [0.2, 0.25) is 0 Å². The molecule has 38 heavy (non-hydrogen) atoms. The van der Waals surface area contributed by atoms with Gasteiger partial charge in [-0.25, -0.2) is 23.7 Å². The third kappa shape index (κ3) is 3.96. The third-order valence-electron chi connectivity index (χ3n) is 6.27. The number of nitrogen functional groups attached to an aromatic ring is 1. The van der Waals surface area contributed by atoms with E-state index in [0.717, 1.165) is 6.08 Å². The van der Waals surface area contributed by atoms with Crippen molar-refractivity contribution >= 4 is 22.8 Å². The Balaban J connectivity index is 1.45. The summed E-state index contributed by atoms with van der Waals surface area (Å²) in [5.74, 6) is -0.820. The van der Waals surface area contributed by atoms with Crippen molar-refractivity contribution in [1.82, 2.24) is 19.1 Å². The van der Waals surface area contributed by atoms with Crippen molar-refractivity contribution in [3.8, 4) is 22.9 Å². The zero-order valence-electron chi connectivity index (χ0n) is 19.9. The normalized spacial score (nSPS) is 15.0. The minimum absolute atomic E-state index is 0.129. The van der Waals surface area contributed by atoms with Gasteiger partial charge in [-0.1, -0.05) is 42.5 Å². The van der Waals surface area contributed by atoms with E-state index >= 15 is 0 Å². The molecule has 0 bridgehead atoms. The van der Waals surface area contributed by atoms with Crippen molar-refractivity contribution in [2.75, 3.05) is 5.73 Å². The number of hydrogen-bond donors (Lipinski definition) is 1. The number of benzene rings is 3. The number of nitrogens with two attached hydrogens (primary N) is 1. The Kier molecular flexibility index (Phi) is 5.65. The fourth-order valence-electron chi connectivity index (χ4n) is 4.50. The van der Waals surface area contributed by atoms with Gasteiger partial charge in [0.2, 0.25) is 5.78 Å². The Morgan fingerprint density at radius 3 is 2.39 bits per heavy atom. The van der Waals surface area contributed by atoms with Crippen LogP contribution < -0.4 is 16.2 Å². The van der Waals surface area contributed by atoms with Crippen LogP contribution in [0.1, 0.15) is 11.5 Å². The molecule has 0 saturated carbocycles. The summed E-state index contributed by atoms with van der Waals surface area (Å²) < 4.78 is 22.6. The van der Waals surface area contributed by atoms with Crippen molar-refractivity contribution in [2.24, 2.45) is 0 Å². The van der Waals surface area contributed by atoms with E-state index < -0.39 is 23.2 Å². The maximum atomic E-state index is 14.0. The summed E-state index contributed by atoms with van der Waals surface area (Å²) in [4.78, 5) is 34.7. The number of carbonyl (C=O) groups excluding carboxylic acids is 1. The number of anilines is 1. The smallest absolute Gasteiger partial charge is 0.339 e. The van der Waals surface area contributed by atoms with E-state index in [1.165, 1.54) is 21.5 Å².